The molecule has 1 atom stereocenters. The molecule has 154 valence electrons. The summed E-state index contributed by atoms with van der Waals surface area (Å²) in [5.74, 6) is 1.05. The lowest BCUT2D eigenvalue weighted by molar-refractivity contribution is -0.128. The lowest BCUT2D eigenvalue weighted by Gasteiger charge is -2.33. The van der Waals surface area contributed by atoms with Gasteiger partial charge in [-0.1, -0.05) is 31.5 Å². The molecule has 2 aromatic carbocycles. The summed E-state index contributed by atoms with van der Waals surface area (Å²) in [5.41, 5.74) is 9.45. The number of carbonyl (C=O) groups is 1. The molecule has 1 unspecified atom stereocenters. The van der Waals surface area contributed by atoms with Gasteiger partial charge in [0.2, 0.25) is 5.91 Å². The highest BCUT2D eigenvalue weighted by Gasteiger charge is 2.36. The fraction of sp³-hybridized carbons (Fsp3) is 0.391. The van der Waals surface area contributed by atoms with E-state index in [-0.39, 0.29) is 18.3 Å². The van der Waals surface area contributed by atoms with Crippen molar-refractivity contribution in [1.29, 1.82) is 0 Å². The van der Waals surface area contributed by atoms with Crippen molar-refractivity contribution in [2.75, 3.05) is 13.7 Å². The number of nitrogens with two attached hydrogens (primary N) is 1. The third-order valence-electron chi connectivity index (χ3n) is 5.30. The van der Waals surface area contributed by atoms with E-state index in [4.69, 9.17) is 10.5 Å². The normalized spacial score (nSPS) is 19.3. The Hall–Kier alpha value is -2.34. The zero-order valence-electron chi connectivity index (χ0n) is 17.5. The number of ether oxygens (including phenoxy) is 1. The van der Waals surface area contributed by atoms with Crippen LogP contribution in [-0.4, -0.2) is 30.4 Å². The number of aliphatic imine (C=N–C) groups is 1. The van der Waals surface area contributed by atoms with Crippen molar-refractivity contribution < 1.29 is 9.53 Å². The fourth-order valence-electron chi connectivity index (χ4n) is 3.51. The molecule has 0 aromatic heterocycles. The highest BCUT2D eigenvalue weighted by Crippen LogP contribution is 2.40. The molecule has 0 radical (unpaired) electrons. The van der Waals surface area contributed by atoms with Gasteiger partial charge in [0.15, 0.2) is 5.96 Å². The van der Waals surface area contributed by atoms with Gasteiger partial charge < -0.3 is 10.5 Å². The minimum Gasteiger partial charge on any atom is -0.492 e. The molecule has 0 saturated heterocycles. The molecular weight excluding hydrogens is 430 g/mol. The summed E-state index contributed by atoms with van der Waals surface area (Å²) in [6.07, 6.45) is 2.36. The predicted octanol–water partition coefficient (Wildman–Crippen LogP) is 5.00. The van der Waals surface area contributed by atoms with Gasteiger partial charge in [0.05, 0.1) is 23.0 Å². The predicted molar refractivity (Wildman–Crippen MR) is 121 cm³/mol. The molecule has 1 heterocycles. The summed E-state index contributed by atoms with van der Waals surface area (Å²) in [6, 6.07) is 12.3. The van der Waals surface area contributed by atoms with Gasteiger partial charge in [-0.15, -0.1) is 0 Å². The largest absolute Gasteiger partial charge is 0.492 e. The van der Waals surface area contributed by atoms with Crippen molar-refractivity contribution in [2.45, 2.75) is 45.6 Å². The van der Waals surface area contributed by atoms with Crippen molar-refractivity contribution in [1.82, 2.24) is 4.90 Å². The third-order valence-corrected chi connectivity index (χ3v) is 5.89. The van der Waals surface area contributed by atoms with Crippen LogP contribution in [0, 0.1) is 6.92 Å². The third kappa shape index (κ3) is 4.47. The highest BCUT2D eigenvalue weighted by molar-refractivity contribution is 9.10. The van der Waals surface area contributed by atoms with E-state index in [2.05, 4.69) is 59.0 Å². The summed E-state index contributed by atoms with van der Waals surface area (Å²) in [4.78, 5) is 18.4. The molecule has 6 heteroatoms. The van der Waals surface area contributed by atoms with Crippen LogP contribution in [0.25, 0.3) is 11.1 Å². The van der Waals surface area contributed by atoms with Gasteiger partial charge >= 0.3 is 0 Å². The smallest absolute Gasteiger partial charge is 0.231 e. The molecule has 2 aromatic rings. The van der Waals surface area contributed by atoms with E-state index >= 15 is 0 Å². The molecule has 3 rings (SSSR count). The topological polar surface area (TPSA) is 67.9 Å². The van der Waals surface area contributed by atoms with Crippen LogP contribution in [0.3, 0.4) is 0 Å². The van der Waals surface area contributed by atoms with Crippen molar-refractivity contribution in [2.24, 2.45) is 10.7 Å². The number of carbonyl (C=O) groups excluding carboxylic acids is 1. The maximum absolute atomic E-state index is 12.4. The van der Waals surface area contributed by atoms with Crippen LogP contribution in [0.5, 0.6) is 5.75 Å². The van der Waals surface area contributed by atoms with Crippen molar-refractivity contribution >= 4 is 27.8 Å². The lowest BCUT2D eigenvalue weighted by atomic mass is 9.86. The van der Waals surface area contributed by atoms with E-state index in [9.17, 15) is 4.79 Å². The number of benzene rings is 2. The first kappa shape index (κ1) is 21.4. The van der Waals surface area contributed by atoms with E-state index in [1.54, 1.807) is 7.05 Å². The number of amides is 1. The zero-order chi connectivity index (χ0) is 21.2. The molecule has 0 spiro atoms. The molecule has 1 amide bonds. The van der Waals surface area contributed by atoms with Gasteiger partial charge in [0.25, 0.3) is 0 Å². The number of hydrogen-bond acceptors (Lipinski definition) is 4. The van der Waals surface area contributed by atoms with Crippen LogP contribution in [0.15, 0.2) is 45.9 Å². The average Bonchev–Trinajstić information content (AvgIpc) is 2.67. The summed E-state index contributed by atoms with van der Waals surface area (Å²) in [7, 11) is 1.65. The van der Waals surface area contributed by atoms with Gasteiger partial charge in [-0.2, -0.15) is 0 Å². The Labute approximate surface area is 181 Å². The number of rotatable bonds is 6. The van der Waals surface area contributed by atoms with Gasteiger partial charge in [-0.25, -0.2) is 4.99 Å². The average molecular weight is 458 g/mol. The fourth-order valence-corrected chi connectivity index (χ4v) is 4.19. The molecule has 1 aliphatic heterocycles. The monoisotopic (exact) mass is 457 g/mol. The molecule has 5 nitrogen and oxygen atoms in total. The number of aryl methyl sites for hydroxylation is 1. The Morgan fingerprint density at radius 3 is 2.76 bits per heavy atom. The van der Waals surface area contributed by atoms with Crippen LogP contribution in [0.1, 0.15) is 44.2 Å². The second kappa shape index (κ2) is 8.57. The van der Waals surface area contributed by atoms with E-state index in [1.807, 2.05) is 19.1 Å². The quantitative estimate of drug-likeness (QED) is 0.620. The second-order valence-corrected chi connectivity index (χ2v) is 8.63. The van der Waals surface area contributed by atoms with Crippen LogP contribution in [0.2, 0.25) is 0 Å². The van der Waals surface area contributed by atoms with Crippen molar-refractivity contribution in [3.05, 3.63) is 52.0 Å². The van der Waals surface area contributed by atoms with Gasteiger partial charge in [-0.05, 0) is 71.1 Å². The minimum absolute atomic E-state index is 0.0349. The Morgan fingerprint density at radius 1 is 1.31 bits per heavy atom. The Kier molecular flexibility index (Phi) is 6.32. The molecule has 0 bridgehead atoms. The molecule has 1 aliphatic rings. The number of guanidine groups is 1. The SMILES string of the molecule is CCCCOc1c(Br)cc(C)cc1-c1cccc(C2(C)CC(=O)N(C)C(N)=N2)c1. The molecule has 0 saturated carbocycles. The van der Waals surface area contributed by atoms with E-state index in [1.165, 1.54) is 4.90 Å². The minimum atomic E-state index is -0.687. The summed E-state index contributed by atoms with van der Waals surface area (Å²) in [5, 5.41) is 0. The number of halogens is 1. The van der Waals surface area contributed by atoms with E-state index in [0.717, 1.165) is 45.3 Å². The van der Waals surface area contributed by atoms with E-state index in [0.29, 0.717) is 6.61 Å². The molecular formula is C23H28BrN3O2. The Bertz CT molecular complexity index is 957. The summed E-state index contributed by atoms with van der Waals surface area (Å²) < 4.78 is 7.06. The van der Waals surface area contributed by atoms with E-state index < -0.39 is 5.54 Å². The van der Waals surface area contributed by atoms with Crippen molar-refractivity contribution in [3.8, 4) is 16.9 Å². The Balaban J connectivity index is 2.06. The van der Waals surface area contributed by atoms with Gasteiger partial charge in [-0.3, -0.25) is 9.69 Å². The van der Waals surface area contributed by atoms with Crippen LogP contribution >= 0.6 is 15.9 Å². The van der Waals surface area contributed by atoms with Crippen molar-refractivity contribution in [3.63, 3.8) is 0 Å². The molecule has 2 N–H and O–H groups in total. The highest BCUT2D eigenvalue weighted by atomic mass is 79.9. The molecule has 0 aliphatic carbocycles. The maximum Gasteiger partial charge on any atom is 0.231 e. The zero-order valence-corrected chi connectivity index (χ0v) is 19.0. The maximum atomic E-state index is 12.4. The number of hydrogen-bond donors (Lipinski definition) is 1. The number of unbranched alkanes of at least 4 members (excludes halogenated alkanes) is 1. The molecule has 29 heavy (non-hydrogen) atoms. The van der Waals surface area contributed by atoms with Crippen LogP contribution in [-0.2, 0) is 10.3 Å². The molecule has 0 fully saturated rings. The second-order valence-electron chi connectivity index (χ2n) is 7.78. The summed E-state index contributed by atoms with van der Waals surface area (Å²) in [6.45, 7) is 6.84. The number of nitrogens with zero attached hydrogens (tertiary/aromatic N) is 2. The van der Waals surface area contributed by atoms with Crippen LogP contribution < -0.4 is 10.5 Å². The first-order chi connectivity index (χ1) is 13.7. The first-order valence-corrected chi connectivity index (χ1v) is 10.7. The standard InChI is InChI=1S/C23H28BrN3O2/c1-5-6-10-29-21-18(11-15(2)12-19(21)24)16-8-7-9-17(13-16)23(3)14-20(28)27(4)22(25)26-23/h7-9,11-13H,5-6,10,14H2,1-4H3,(H2,25,26). The van der Waals surface area contributed by atoms with Gasteiger partial charge in [0.1, 0.15) is 5.75 Å². The van der Waals surface area contributed by atoms with Crippen LogP contribution in [0.4, 0.5) is 0 Å². The first-order valence-electron chi connectivity index (χ1n) is 9.91. The summed E-state index contributed by atoms with van der Waals surface area (Å²) >= 11 is 3.66. The Morgan fingerprint density at radius 2 is 2.07 bits per heavy atom. The van der Waals surface area contributed by atoms with Gasteiger partial charge in [0, 0.05) is 12.6 Å². The lowest BCUT2D eigenvalue weighted by Crippen LogP contribution is -2.47.